The number of aryl methyl sites for hydroxylation is 1. The molecule has 0 amide bonds. The van der Waals surface area contributed by atoms with Crippen LogP contribution in [0.15, 0.2) is 24.4 Å². The number of methoxy groups -OCH3 is 2. The van der Waals surface area contributed by atoms with E-state index >= 15 is 0 Å². The number of imidazole rings is 1. The van der Waals surface area contributed by atoms with E-state index in [1.165, 1.54) is 0 Å². The van der Waals surface area contributed by atoms with Crippen molar-refractivity contribution in [2.75, 3.05) is 14.2 Å². The van der Waals surface area contributed by atoms with Crippen molar-refractivity contribution < 1.29 is 9.47 Å². The molecule has 1 aromatic heterocycles. The predicted molar refractivity (Wildman–Crippen MR) is 68.8 cm³/mol. The molecule has 0 spiro atoms. The van der Waals surface area contributed by atoms with E-state index in [2.05, 4.69) is 4.98 Å². The molecule has 0 unspecified atom stereocenters. The maximum absolute atomic E-state index is 5.26. The average Bonchev–Trinajstić information content (AvgIpc) is 2.67. The first kappa shape index (κ1) is 11.7. The molecule has 0 aliphatic rings. The minimum atomic E-state index is 0.662. The van der Waals surface area contributed by atoms with Crippen molar-refractivity contribution in [2.45, 2.75) is 6.92 Å². The van der Waals surface area contributed by atoms with Gasteiger partial charge >= 0.3 is 0 Å². The van der Waals surface area contributed by atoms with Crippen LogP contribution in [0.1, 0.15) is 5.69 Å². The fourth-order valence-electron chi connectivity index (χ4n) is 1.68. The van der Waals surface area contributed by atoms with Crippen LogP contribution in [0.3, 0.4) is 0 Å². The molecular weight excluding hydrogens is 236 g/mol. The lowest BCUT2D eigenvalue weighted by Gasteiger charge is -2.09. The SMILES string of the molecule is COc1ccc(-n2cc(C)[nH]c2=S)cc1OC. The maximum Gasteiger partial charge on any atom is 0.181 e. The molecule has 0 saturated heterocycles. The van der Waals surface area contributed by atoms with Gasteiger partial charge in [-0.05, 0) is 31.3 Å². The van der Waals surface area contributed by atoms with Crippen LogP contribution in [0.2, 0.25) is 0 Å². The number of rotatable bonds is 3. The Bertz CT molecular complexity index is 586. The van der Waals surface area contributed by atoms with Crippen molar-refractivity contribution >= 4 is 12.2 Å². The molecule has 2 rings (SSSR count). The summed E-state index contributed by atoms with van der Waals surface area (Å²) in [6.07, 6.45) is 1.95. The summed E-state index contributed by atoms with van der Waals surface area (Å²) < 4.78 is 13.0. The highest BCUT2D eigenvalue weighted by atomic mass is 32.1. The van der Waals surface area contributed by atoms with Crippen LogP contribution < -0.4 is 9.47 Å². The number of aromatic nitrogens is 2. The van der Waals surface area contributed by atoms with Gasteiger partial charge in [0.05, 0.1) is 19.9 Å². The van der Waals surface area contributed by atoms with Gasteiger partial charge in [-0.3, -0.25) is 4.57 Å². The molecule has 0 fully saturated rings. The van der Waals surface area contributed by atoms with Gasteiger partial charge in [0, 0.05) is 18.0 Å². The maximum atomic E-state index is 5.26. The van der Waals surface area contributed by atoms with Crippen LogP contribution in [0.25, 0.3) is 5.69 Å². The fourth-order valence-corrected chi connectivity index (χ4v) is 2.00. The number of H-pyrrole nitrogens is 1. The normalized spacial score (nSPS) is 10.3. The van der Waals surface area contributed by atoms with Gasteiger partial charge in [-0.15, -0.1) is 0 Å². The number of nitrogens with one attached hydrogen (secondary N) is 1. The number of ether oxygens (including phenoxy) is 2. The molecule has 0 aliphatic heterocycles. The zero-order valence-corrected chi connectivity index (χ0v) is 10.8. The zero-order chi connectivity index (χ0) is 12.4. The summed E-state index contributed by atoms with van der Waals surface area (Å²) in [5, 5.41) is 0. The second kappa shape index (κ2) is 4.63. The topological polar surface area (TPSA) is 39.2 Å². The molecule has 4 nitrogen and oxygen atoms in total. The van der Waals surface area contributed by atoms with Gasteiger partial charge in [-0.25, -0.2) is 0 Å². The molecular formula is C12H14N2O2S. The first-order valence-electron chi connectivity index (χ1n) is 5.16. The summed E-state index contributed by atoms with van der Waals surface area (Å²) >= 11 is 5.23. The van der Waals surface area contributed by atoms with E-state index in [4.69, 9.17) is 21.7 Å². The lowest BCUT2D eigenvalue weighted by molar-refractivity contribution is 0.355. The van der Waals surface area contributed by atoms with Crippen LogP contribution >= 0.6 is 12.2 Å². The van der Waals surface area contributed by atoms with Gasteiger partial charge in [0.15, 0.2) is 16.3 Å². The van der Waals surface area contributed by atoms with E-state index < -0.39 is 0 Å². The Kier molecular flexibility index (Phi) is 3.19. The lowest BCUT2D eigenvalue weighted by atomic mass is 10.2. The van der Waals surface area contributed by atoms with Crippen LogP contribution in [0.4, 0.5) is 0 Å². The highest BCUT2D eigenvalue weighted by molar-refractivity contribution is 7.71. The molecule has 0 aliphatic carbocycles. The number of aromatic amines is 1. The van der Waals surface area contributed by atoms with Crippen LogP contribution in [-0.2, 0) is 0 Å². The van der Waals surface area contributed by atoms with Crippen molar-refractivity contribution in [3.8, 4) is 17.2 Å². The Morgan fingerprint density at radius 3 is 2.41 bits per heavy atom. The molecule has 0 radical (unpaired) electrons. The van der Waals surface area contributed by atoms with Gasteiger partial charge < -0.3 is 14.5 Å². The first-order chi connectivity index (χ1) is 8.15. The molecule has 5 heteroatoms. The number of nitrogens with zero attached hydrogens (tertiary/aromatic N) is 1. The molecule has 0 atom stereocenters. The Morgan fingerprint density at radius 2 is 1.88 bits per heavy atom. The predicted octanol–water partition coefficient (Wildman–Crippen LogP) is 2.86. The number of hydrogen-bond donors (Lipinski definition) is 1. The molecule has 0 bridgehead atoms. The minimum Gasteiger partial charge on any atom is -0.493 e. The average molecular weight is 250 g/mol. The molecule has 0 saturated carbocycles. The molecule has 1 N–H and O–H groups in total. The third-order valence-electron chi connectivity index (χ3n) is 2.49. The van der Waals surface area contributed by atoms with E-state index in [1.54, 1.807) is 14.2 Å². The Morgan fingerprint density at radius 1 is 1.18 bits per heavy atom. The Balaban J connectivity index is 2.54. The van der Waals surface area contributed by atoms with Gasteiger partial charge in [-0.2, -0.15) is 0 Å². The van der Waals surface area contributed by atoms with Gasteiger partial charge in [-0.1, -0.05) is 0 Å². The zero-order valence-electron chi connectivity index (χ0n) is 9.98. The summed E-state index contributed by atoms with van der Waals surface area (Å²) in [5.74, 6) is 1.39. The quantitative estimate of drug-likeness (QED) is 0.851. The molecule has 1 heterocycles. The molecule has 17 heavy (non-hydrogen) atoms. The van der Waals surface area contributed by atoms with E-state index in [0.717, 1.165) is 11.4 Å². The van der Waals surface area contributed by atoms with Crippen molar-refractivity contribution in [2.24, 2.45) is 0 Å². The summed E-state index contributed by atoms with van der Waals surface area (Å²) in [7, 11) is 3.23. The van der Waals surface area contributed by atoms with Gasteiger partial charge in [0.25, 0.3) is 0 Å². The highest BCUT2D eigenvalue weighted by Gasteiger charge is 2.06. The third-order valence-corrected chi connectivity index (χ3v) is 2.79. The fraction of sp³-hybridized carbons (Fsp3) is 0.250. The van der Waals surface area contributed by atoms with Crippen molar-refractivity contribution in [3.05, 3.63) is 34.9 Å². The summed E-state index contributed by atoms with van der Waals surface area (Å²) in [6, 6.07) is 5.69. The summed E-state index contributed by atoms with van der Waals surface area (Å²) in [6.45, 7) is 1.97. The lowest BCUT2D eigenvalue weighted by Crippen LogP contribution is -1.95. The molecule has 1 aromatic carbocycles. The van der Waals surface area contributed by atoms with Gasteiger partial charge in [0.1, 0.15) is 0 Å². The van der Waals surface area contributed by atoms with Crippen molar-refractivity contribution in [3.63, 3.8) is 0 Å². The van der Waals surface area contributed by atoms with E-state index in [9.17, 15) is 0 Å². The highest BCUT2D eigenvalue weighted by Crippen LogP contribution is 2.29. The van der Waals surface area contributed by atoms with E-state index in [-0.39, 0.29) is 0 Å². The molecule has 2 aromatic rings. The Hall–Kier alpha value is -1.75. The van der Waals surface area contributed by atoms with Crippen LogP contribution in [0.5, 0.6) is 11.5 Å². The van der Waals surface area contributed by atoms with Crippen LogP contribution in [0, 0.1) is 11.7 Å². The van der Waals surface area contributed by atoms with Crippen LogP contribution in [-0.4, -0.2) is 23.8 Å². The monoisotopic (exact) mass is 250 g/mol. The van der Waals surface area contributed by atoms with E-state index in [1.807, 2.05) is 35.9 Å². The largest absolute Gasteiger partial charge is 0.493 e. The minimum absolute atomic E-state index is 0.662. The second-order valence-electron chi connectivity index (χ2n) is 3.65. The smallest absolute Gasteiger partial charge is 0.181 e. The molecule has 90 valence electrons. The number of benzene rings is 1. The number of hydrogen-bond acceptors (Lipinski definition) is 3. The third kappa shape index (κ3) is 2.19. The van der Waals surface area contributed by atoms with E-state index in [0.29, 0.717) is 16.3 Å². The second-order valence-corrected chi connectivity index (χ2v) is 4.04. The standard InChI is InChI=1S/C12H14N2O2S/c1-8-7-14(12(17)13-8)9-4-5-10(15-2)11(6-9)16-3/h4-7H,1-3H3,(H,13,17). The summed E-state index contributed by atoms with van der Waals surface area (Å²) in [4.78, 5) is 3.08. The summed E-state index contributed by atoms with van der Waals surface area (Å²) in [5.41, 5.74) is 1.96. The van der Waals surface area contributed by atoms with Gasteiger partial charge in [0.2, 0.25) is 0 Å². The van der Waals surface area contributed by atoms with Crippen molar-refractivity contribution in [1.29, 1.82) is 0 Å². The van der Waals surface area contributed by atoms with Crippen molar-refractivity contribution in [1.82, 2.24) is 9.55 Å². The first-order valence-corrected chi connectivity index (χ1v) is 5.57. The Labute approximate surface area is 105 Å².